The molecular formula is C16H14Cl2N4OS. The summed E-state index contributed by atoms with van der Waals surface area (Å²) in [6.45, 7) is 0.464. The minimum Gasteiger partial charge on any atom is -0.496 e. The Morgan fingerprint density at radius 2 is 2.04 bits per heavy atom. The first kappa shape index (κ1) is 16.8. The van der Waals surface area contributed by atoms with Gasteiger partial charge in [0, 0.05) is 10.0 Å². The van der Waals surface area contributed by atoms with Crippen molar-refractivity contribution in [1.82, 2.24) is 14.9 Å². The van der Waals surface area contributed by atoms with E-state index in [4.69, 9.17) is 40.2 Å². The lowest BCUT2D eigenvalue weighted by Gasteiger charge is -2.13. The smallest absolute Gasteiger partial charge is 0.214 e. The van der Waals surface area contributed by atoms with Gasteiger partial charge in [-0.2, -0.15) is 5.10 Å². The van der Waals surface area contributed by atoms with Crippen LogP contribution in [0.15, 0.2) is 42.5 Å². The summed E-state index contributed by atoms with van der Waals surface area (Å²) in [4.78, 5) is 0. The van der Waals surface area contributed by atoms with Gasteiger partial charge in [0.2, 0.25) is 4.77 Å². The third-order valence-electron chi connectivity index (χ3n) is 3.46. The minimum atomic E-state index is 0.445. The highest BCUT2D eigenvalue weighted by atomic mass is 35.5. The molecule has 5 nitrogen and oxygen atoms in total. The zero-order valence-corrected chi connectivity index (χ0v) is 15.0. The standard InChI is InChI=1S/C16H14Cl2N4OS/c1-23-14-5-3-2-4-12(14)15-20-21-16(24)22(15)19-9-10-6-7-11(17)8-13(10)18/h2-8,19H,9H2,1H3,(H,21,24). The number of nitrogens with one attached hydrogen (secondary N) is 2. The fraction of sp³-hybridized carbons (Fsp3) is 0.125. The lowest BCUT2D eigenvalue weighted by Crippen LogP contribution is -2.16. The molecule has 0 atom stereocenters. The molecule has 8 heteroatoms. The average Bonchev–Trinajstić information content (AvgIpc) is 2.94. The Morgan fingerprint density at radius 3 is 2.79 bits per heavy atom. The van der Waals surface area contributed by atoms with E-state index in [1.54, 1.807) is 23.9 Å². The maximum atomic E-state index is 6.21. The van der Waals surface area contributed by atoms with Gasteiger partial charge in [-0.15, -0.1) is 0 Å². The molecule has 24 heavy (non-hydrogen) atoms. The predicted octanol–water partition coefficient (Wildman–Crippen LogP) is 4.67. The fourth-order valence-electron chi connectivity index (χ4n) is 2.28. The number of methoxy groups -OCH3 is 1. The SMILES string of the molecule is COc1ccccc1-c1n[nH]c(=S)n1NCc1ccc(Cl)cc1Cl. The second-order valence-corrected chi connectivity index (χ2v) is 6.19. The molecule has 3 rings (SSSR count). The molecule has 0 spiro atoms. The Morgan fingerprint density at radius 1 is 1.25 bits per heavy atom. The Labute approximate surface area is 154 Å². The van der Waals surface area contributed by atoms with E-state index >= 15 is 0 Å². The topological polar surface area (TPSA) is 54.9 Å². The van der Waals surface area contributed by atoms with Crippen LogP contribution in [0.2, 0.25) is 10.0 Å². The number of benzene rings is 2. The summed E-state index contributed by atoms with van der Waals surface area (Å²) in [6, 6.07) is 13.0. The number of aromatic amines is 1. The molecule has 0 radical (unpaired) electrons. The molecule has 3 aromatic rings. The second kappa shape index (κ2) is 7.25. The van der Waals surface area contributed by atoms with E-state index in [9.17, 15) is 0 Å². The molecule has 2 N–H and O–H groups in total. The van der Waals surface area contributed by atoms with Crippen molar-refractivity contribution < 1.29 is 4.74 Å². The van der Waals surface area contributed by atoms with Gasteiger partial charge in [-0.1, -0.05) is 41.4 Å². The molecular weight excluding hydrogens is 367 g/mol. The van der Waals surface area contributed by atoms with E-state index < -0.39 is 0 Å². The number of H-pyrrole nitrogens is 1. The van der Waals surface area contributed by atoms with Crippen LogP contribution in [0, 0.1) is 4.77 Å². The number of aromatic nitrogens is 3. The molecule has 1 heterocycles. The number of hydrogen-bond acceptors (Lipinski definition) is 4. The van der Waals surface area contributed by atoms with Crippen molar-refractivity contribution in [1.29, 1.82) is 0 Å². The van der Waals surface area contributed by atoms with Gasteiger partial charge in [-0.25, -0.2) is 9.77 Å². The van der Waals surface area contributed by atoms with Gasteiger partial charge in [0.1, 0.15) is 5.75 Å². The normalized spacial score (nSPS) is 10.6. The van der Waals surface area contributed by atoms with Crippen molar-refractivity contribution in [2.24, 2.45) is 0 Å². The van der Waals surface area contributed by atoms with Crippen LogP contribution in [-0.4, -0.2) is 22.0 Å². The summed E-state index contributed by atoms with van der Waals surface area (Å²) in [6.07, 6.45) is 0. The number of halogens is 2. The van der Waals surface area contributed by atoms with Gasteiger partial charge in [0.15, 0.2) is 5.82 Å². The first-order valence-corrected chi connectivity index (χ1v) is 8.25. The number of para-hydroxylation sites is 1. The van der Waals surface area contributed by atoms with E-state index in [1.807, 2.05) is 30.3 Å². The van der Waals surface area contributed by atoms with Gasteiger partial charge in [0.25, 0.3) is 0 Å². The molecule has 0 saturated heterocycles. The van der Waals surface area contributed by atoms with Crippen LogP contribution in [-0.2, 0) is 6.54 Å². The lowest BCUT2D eigenvalue weighted by atomic mass is 10.2. The minimum absolute atomic E-state index is 0.445. The van der Waals surface area contributed by atoms with Crippen molar-refractivity contribution in [2.75, 3.05) is 12.5 Å². The molecule has 0 aliphatic heterocycles. The van der Waals surface area contributed by atoms with Crippen molar-refractivity contribution in [3.8, 4) is 17.1 Å². The molecule has 0 amide bonds. The predicted molar refractivity (Wildman–Crippen MR) is 98.9 cm³/mol. The Bertz CT molecular complexity index is 922. The highest BCUT2D eigenvalue weighted by molar-refractivity contribution is 7.71. The second-order valence-electron chi connectivity index (χ2n) is 4.96. The summed E-state index contributed by atoms with van der Waals surface area (Å²) >= 11 is 17.4. The maximum absolute atomic E-state index is 6.21. The average molecular weight is 381 g/mol. The summed E-state index contributed by atoms with van der Waals surface area (Å²) < 4.78 is 7.53. The molecule has 1 aromatic heterocycles. The monoisotopic (exact) mass is 380 g/mol. The van der Waals surface area contributed by atoms with Crippen LogP contribution in [0.1, 0.15) is 5.56 Å². The molecule has 2 aromatic carbocycles. The van der Waals surface area contributed by atoms with E-state index in [1.165, 1.54) is 0 Å². The molecule has 0 aliphatic carbocycles. The number of rotatable bonds is 5. The summed E-state index contributed by atoms with van der Waals surface area (Å²) in [5, 5.41) is 8.27. The van der Waals surface area contributed by atoms with Crippen molar-refractivity contribution in [3.05, 3.63) is 62.8 Å². The van der Waals surface area contributed by atoms with Gasteiger partial charge < -0.3 is 10.2 Å². The molecule has 0 saturated carbocycles. The number of ether oxygens (including phenoxy) is 1. The van der Waals surface area contributed by atoms with Gasteiger partial charge >= 0.3 is 0 Å². The molecule has 0 aliphatic rings. The zero-order valence-electron chi connectivity index (χ0n) is 12.7. The summed E-state index contributed by atoms with van der Waals surface area (Å²) in [5.41, 5.74) is 4.94. The quantitative estimate of drug-likeness (QED) is 0.631. The Hall–Kier alpha value is -2.02. The van der Waals surface area contributed by atoms with Crippen molar-refractivity contribution in [3.63, 3.8) is 0 Å². The van der Waals surface area contributed by atoms with Crippen LogP contribution in [0.3, 0.4) is 0 Å². The van der Waals surface area contributed by atoms with Gasteiger partial charge in [-0.05, 0) is 42.0 Å². The van der Waals surface area contributed by atoms with E-state index in [0.717, 1.165) is 11.1 Å². The third-order valence-corrected chi connectivity index (χ3v) is 4.32. The van der Waals surface area contributed by atoms with Crippen molar-refractivity contribution in [2.45, 2.75) is 6.54 Å². The van der Waals surface area contributed by atoms with Crippen LogP contribution < -0.4 is 10.2 Å². The summed E-state index contributed by atoms with van der Waals surface area (Å²) in [5.74, 6) is 1.33. The fourth-order valence-corrected chi connectivity index (χ4v) is 2.95. The zero-order chi connectivity index (χ0) is 17.1. The van der Waals surface area contributed by atoms with Crippen LogP contribution in [0.25, 0.3) is 11.4 Å². The summed E-state index contributed by atoms with van der Waals surface area (Å²) in [7, 11) is 1.62. The molecule has 0 unspecified atom stereocenters. The largest absolute Gasteiger partial charge is 0.496 e. The van der Waals surface area contributed by atoms with Crippen LogP contribution in [0.4, 0.5) is 0 Å². The Balaban J connectivity index is 1.92. The van der Waals surface area contributed by atoms with Gasteiger partial charge in [-0.3, -0.25) is 0 Å². The molecule has 124 valence electrons. The third kappa shape index (κ3) is 3.40. The lowest BCUT2D eigenvalue weighted by molar-refractivity contribution is 0.416. The molecule has 0 bridgehead atoms. The highest BCUT2D eigenvalue weighted by Crippen LogP contribution is 2.28. The van der Waals surface area contributed by atoms with Crippen LogP contribution >= 0.6 is 35.4 Å². The first-order chi connectivity index (χ1) is 11.6. The molecule has 0 fully saturated rings. The van der Waals surface area contributed by atoms with Crippen molar-refractivity contribution >= 4 is 35.4 Å². The van der Waals surface area contributed by atoms with E-state index in [-0.39, 0.29) is 0 Å². The van der Waals surface area contributed by atoms with Crippen LogP contribution in [0.5, 0.6) is 5.75 Å². The number of nitrogens with zero attached hydrogens (tertiary/aromatic N) is 2. The van der Waals surface area contributed by atoms with E-state index in [2.05, 4.69) is 15.6 Å². The number of hydrogen-bond donors (Lipinski definition) is 2. The first-order valence-electron chi connectivity index (χ1n) is 7.08. The van der Waals surface area contributed by atoms with E-state index in [0.29, 0.717) is 32.9 Å². The maximum Gasteiger partial charge on any atom is 0.214 e. The highest BCUT2D eigenvalue weighted by Gasteiger charge is 2.13. The van der Waals surface area contributed by atoms with Gasteiger partial charge in [0.05, 0.1) is 19.2 Å². The Kier molecular flexibility index (Phi) is 5.08.